The van der Waals surface area contributed by atoms with Gasteiger partial charge in [0.15, 0.2) is 4.96 Å². The summed E-state index contributed by atoms with van der Waals surface area (Å²) >= 11 is 1.35. The van der Waals surface area contributed by atoms with Crippen LogP contribution in [0, 0.1) is 13.8 Å². The first-order valence-corrected chi connectivity index (χ1v) is 10.6. The highest BCUT2D eigenvalue weighted by Crippen LogP contribution is 2.28. The Labute approximate surface area is 180 Å². The molecule has 152 valence electrons. The summed E-state index contributed by atoms with van der Waals surface area (Å²) in [4.78, 5) is 30.0. The number of hydrogen-bond donors (Lipinski definition) is 0. The molecule has 0 saturated heterocycles. The Morgan fingerprint density at radius 2 is 1.90 bits per heavy atom. The molecule has 6 rings (SSSR count). The van der Waals surface area contributed by atoms with Crippen molar-refractivity contribution in [1.29, 1.82) is 0 Å². The molecule has 0 bridgehead atoms. The standard InChI is InChI=1S/C24H16N2O4S/c1-12-7-18-19(8-13(12)2)26-22(27)21(31-24(26)25-18)10-16-4-6-20(30-16)14-3-5-17-15(9-14)11-29-23(17)28/h3-10H,11H2,1-2H3. The highest BCUT2D eigenvalue weighted by Gasteiger charge is 2.21. The molecule has 2 aromatic carbocycles. The highest BCUT2D eigenvalue weighted by molar-refractivity contribution is 7.15. The second kappa shape index (κ2) is 6.39. The number of nitrogens with zero attached hydrogens (tertiary/aromatic N) is 2. The van der Waals surface area contributed by atoms with Crippen molar-refractivity contribution in [2.24, 2.45) is 0 Å². The predicted molar refractivity (Wildman–Crippen MR) is 118 cm³/mol. The molecule has 3 aromatic heterocycles. The molecule has 6 nitrogen and oxygen atoms in total. The minimum absolute atomic E-state index is 0.100. The number of rotatable bonds is 2. The Hall–Kier alpha value is -3.71. The first-order chi connectivity index (χ1) is 15.0. The van der Waals surface area contributed by atoms with Crippen molar-refractivity contribution >= 4 is 39.4 Å². The zero-order valence-corrected chi connectivity index (χ0v) is 17.6. The SMILES string of the molecule is Cc1cc2nc3sc(=Cc4ccc(-c5ccc6c(c5)COC6=O)o4)c(=O)n3c2cc1C. The number of thiazole rings is 1. The van der Waals surface area contributed by atoms with Crippen LogP contribution in [-0.2, 0) is 11.3 Å². The Kier molecular flexibility index (Phi) is 3.73. The van der Waals surface area contributed by atoms with E-state index in [2.05, 4.69) is 4.98 Å². The van der Waals surface area contributed by atoms with Gasteiger partial charge >= 0.3 is 5.97 Å². The summed E-state index contributed by atoms with van der Waals surface area (Å²) in [5.41, 5.74) is 6.15. The lowest BCUT2D eigenvalue weighted by molar-refractivity contribution is 0.0535. The van der Waals surface area contributed by atoms with E-state index < -0.39 is 0 Å². The van der Waals surface area contributed by atoms with E-state index in [-0.39, 0.29) is 18.1 Å². The number of ether oxygens (including phenoxy) is 1. The fourth-order valence-corrected chi connectivity index (χ4v) is 4.89. The van der Waals surface area contributed by atoms with Crippen molar-refractivity contribution < 1.29 is 13.9 Å². The van der Waals surface area contributed by atoms with Crippen molar-refractivity contribution in [3.05, 3.63) is 85.4 Å². The van der Waals surface area contributed by atoms with E-state index in [4.69, 9.17) is 9.15 Å². The average Bonchev–Trinajstić information content (AvgIpc) is 3.50. The maximum absolute atomic E-state index is 13.1. The Balaban J connectivity index is 1.43. The lowest BCUT2D eigenvalue weighted by Gasteiger charge is -1.99. The van der Waals surface area contributed by atoms with Gasteiger partial charge < -0.3 is 9.15 Å². The molecule has 31 heavy (non-hydrogen) atoms. The van der Waals surface area contributed by atoms with Gasteiger partial charge in [0.25, 0.3) is 5.56 Å². The van der Waals surface area contributed by atoms with Gasteiger partial charge in [0.2, 0.25) is 0 Å². The van der Waals surface area contributed by atoms with E-state index in [0.29, 0.717) is 26.6 Å². The van der Waals surface area contributed by atoms with Crippen LogP contribution in [0.15, 0.2) is 51.7 Å². The summed E-state index contributed by atoms with van der Waals surface area (Å²) in [5, 5.41) is 0. The van der Waals surface area contributed by atoms with E-state index in [0.717, 1.165) is 33.3 Å². The van der Waals surface area contributed by atoms with Crippen LogP contribution in [0.4, 0.5) is 0 Å². The van der Waals surface area contributed by atoms with E-state index in [1.54, 1.807) is 16.5 Å². The third kappa shape index (κ3) is 2.74. The van der Waals surface area contributed by atoms with E-state index in [1.165, 1.54) is 11.3 Å². The molecule has 0 amide bonds. The number of imidazole rings is 1. The van der Waals surface area contributed by atoms with Crippen molar-refractivity contribution in [1.82, 2.24) is 9.38 Å². The molecular formula is C24H16N2O4S. The topological polar surface area (TPSA) is 73.8 Å². The second-order valence-corrected chi connectivity index (χ2v) is 8.73. The molecule has 0 atom stereocenters. The minimum Gasteiger partial charge on any atom is -0.457 e. The first kappa shape index (κ1) is 18.1. The van der Waals surface area contributed by atoms with Gasteiger partial charge in [0, 0.05) is 17.2 Å². The number of carbonyl (C=O) groups excluding carboxylic acids is 1. The van der Waals surface area contributed by atoms with Gasteiger partial charge in [0.05, 0.1) is 16.6 Å². The van der Waals surface area contributed by atoms with E-state index >= 15 is 0 Å². The Morgan fingerprint density at radius 1 is 1.06 bits per heavy atom. The molecular weight excluding hydrogens is 412 g/mol. The number of aryl methyl sites for hydroxylation is 2. The van der Waals surface area contributed by atoms with Crippen molar-refractivity contribution in [2.45, 2.75) is 20.5 Å². The minimum atomic E-state index is -0.293. The summed E-state index contributed by atoms with van der Waals surface area (Å²) in [7, 11) is 0. The molecule has 1 aliphatic rings. The maximum Gasteiger partial charge on any atom is 0.338 e. The van der Waals surface area contributed by atoms with Gasteiger partial charge in [-0.2, -0.15) is 0 Å². The van der Waals surface area contributed by atoms with Gasteiger partial charge in [-0.25, -0.2) is 14.2 Å². The molecule has 0 spiro atoms. The highest BCUT2D eigenvalue weighted by atomic mass is 32.1. The maximum atomic E-state index is 13.1. The zero-order valence-electron chi connectivity index (χ0n) is 16.8. The molecule has 0 radical (unpaired) electrons. The number of hydrogen-bond acceptors (Lipinski definition) is 6. The molecule has 0 aliphatic carbocycles. The quantitative estimate of drug-likeness (QED) is 0.397. The Morgan fingerprint density at radius 3 is 2.77 bits per heavy atom. The summed E-state index contributed by atoms with van der Waals surface area (Å²) < 4.78 is 13.3. The van der Waals surface area contributed by atoms with Gasteiger partial charge in [0.1, 0.15) is 22.7 Å². The van der Waals surface area contributed by atoms with Crippen LogP contribution >= 0.6 is 11.3 Å². The van der Waals surface area contributed by atoms with Crippen LogP contribution in [-0.4, -0.2) is 15.4 Å². The lowest BCUT2D eigenvalue weighted by atomic mass is 10.0. The summed E-state index contributed by atoms with van der Waals surface area (Å²) in [5.74, 6) is 0.957. The molecule has 0 N–H and O–H groups in total. The summed E-state index contributed by atoms with van der Waals surface area (Å²) in [6.45, 7) is 4.35. The van der Waals surface area contributed by atoms with E-state index in [1.807, 2.05) is 50.2 Å². The number of aromatic nitrogens is 2. The van der Waals surface area contributed by atoms with Crippen molar-refractivity contribution in [3.63, 3.8) is 0 Å². The van der Waals surface area contributed by atoms with Gasteiger partial charge in [-0.1, -0.05) is 17.4 Å². The number of fused-ring (bicyclic) bond motifs is 4. The first-order valence-electron chi connectivity index (χ1n) is 9.82. The Bertz CT molecular complexity index is 1650. The largest absolute Gasteiger partial charge is 0.457 e. The van der Waals surface area contributed by atoms with Crippen LogP contribution in [0.3, 0.4) is 0 Å². The third-order valence-electron chi connectivity index (χ3n) is 5.72. The molecule has 7 heteroatoms. The molecule has 5 aromatic rings. The van der Waals surface area contributed by atoms with Crippen molar-refractivity contribution in [3.8, 4) is 11.3 Å². The third-order valence-corrected chi connectivity index (χ3v) is 6.69. The van der Waals surface area contributed by atoms with Gasteiger partial charge in [-0.15, -0.1) is 0 Å². The molecule has 0 fully saturated rings. The molecule has 4 heterocycles. The van der Waals surface area contributed by atoms with Gasteiger partial charge in [-0.05, 0) is 61.4 Å². The lowest BCUT2D eigenvalue weighted by Crippen LogP contribution is -2.22. The normalized spacial score (nSPS) is 14.0. The van der Waals surface area contributed by atoms with Crippen LogP contribution in [0.5, 0.6) is 0 Å². The predicted octanol–water partition coefficient (Wildman–Crippen LogP) is 4.00. The fourth-order valence-electron chi connectivity index (χ4n) is 3.92. The average molecular weight is 428 g/mol. The number of carbonyl (C=O) groups is 1. The smallest absolute Gasteiger partial charge is 0.338 e. The second-order valence-electron chi connectivity index (χ2n) is 7.72. The number of cyclic esters (lactones) is 1. The van der Waals surface area contributed by atoms with Crippen LogP contribution in [0.25, 0.3) is 33.4 Å². The monoisotopic (exact) mass is 428 g/mol. The van der Waals surface area contributed by atoms with Crippen LogP contribution < -0.4 is 10.1 Å². The zero-order chi connectivity index (χ0) is 21.3. The summed E-state index contributed by atoms with van der Waals surface area (Å²) in [6, 6.07) is 13.2. The number of benzene rings is 2. The molecule has 0 unspecified atom stereocenters. The molecule has 1 aliphatic heterocycles. The van der Waals surface area contributed by atoms with E-state index in [9.17, 15) is 9.59 Å². The van der Waals surface area contributed by atoms with Crippen molar-refractivity contribution in [2.75, 3.05) is 0 Å². The van der Waals surface area contributed by atoms with Crippen LogP contribution in [0.2, 0.25) is 0 Å². The van der Waals surface area contributed by atoms with Crippen LogP contribution in [0.1, 0.15) is 32.8 Å². The van der Waals surface area contributed by atoms with Gasteiger partial charge in [-0.3, -0.25) is 4.79 Å². The fraction of sp³-hybridized carbons (Fsp3) is 0.125. The molecule has 0 saturated carbocycles. The number of esters is 1. The number of furan rings is 1. The summed E-state index contributed by atoms with van der Waals surface area (Å²) in [6.07, 6.45) is 1.75.